The van der Waals surface area contributed by atoms with Crippen LogP contribution >= 0.6 is 0 Å². The summed E-state index contributed by atoms with van der Waals surface area (Å²) in [5.41, 5.74) is 0. The fourth-order valence-electron chi connectivity index (χ4n) is 1.37. The Balaban J connectivity index is 0. The van der Waals surface area contributed by atoms with Gasteiger partial charge in [-0.05, 0) is 12.8 Å². The molecule has 0 aromatic carbocycles. The maximum absolute atomic E-state index is 8.36. The molecular formula is C12H28NO2+. The van der Waals surface area contributed by atoms with Crippen LogP contribution in [0, 0.1) is 0 Å². The van der Waals surface area contributed by atoms with Crippen molar-refractivity contribution in [2.45, 2.75) is 45.4 Å². The van der Waals surface area contributed by atoms with E-state index in [4.69, 9.17) is 9.90 Å². The number of nitrogens with zero attached hydrogens (tertiary/aromatic N) is 1. The smallest absolute Gasteiger partial charge is 0.290 e. The van der Waals surface area contributed by atoms with Gasteiger partial charge in [-0.15, -0.1) is 0 Å². The molecule has 0 aromatic heterocycles. The van der Waals surface area contributed by atoms with E-state index < -0.39 is 0 Å². The minimum atomic E-state index is -0.250. The minimum Gasteiger partial charge on any atom is -0.483 e. The number of carboxylic acid groups (broad SMARTS) is 1. The van der Waals surface area contributed by atoms with Crippen LogP contribution in [-0.2, 0) is 4.79 Å². The molecule has 0 spiro atoms. The third-order valence-corrected chi connectivity index (χ3v) is 2.18. The molecule has 0 fully saturated rings. The van der Waals surface area contributed by atoms with Gasteiger partial charge in [0, 0.05) is 0 Å². The summed E-state index contributed by atoms with van der Waals surface area (Å²) in [6.07, 6.45) is 8.48. The van der Waals surface area contributed by atoms with Crippen LogP contribution in [-0.4, -0.2) is 43.7 Å². The molecule has 15 heavy (non-hydrogen) atoms. The Morgan fingerprint density at radius 2 is 1.40 bits per heavy atom. The zero-order valence-electron chi connectivity index (χ0n) is 10.8. The highest BCUT2D eigenvalue weighted by atomic mass is 16.3. The lowest BCUT2D eigenvalue weighted by Crippen LogP contribution is -2.35. The largest absolute Gasteiger partial charge is 0.483 e. The molecule has 0 amide bonds. The third kappa shape index (κ3) is 24.7. The summed E-state index contributed by atoms with van der Waals surface area (Å²) >= 11 is 0. The monoisotopic (exact) mass is 218 g/mol. The van der Waals surface area contributed by atoms with Crippen molar-refractivity contribution in [2.75, 3.05) is 27.7 Å². The predicted molar refractivity (Wildman–Crippen MR) is 65.0 cm³/mol. The first-order valence-corrected chi connectivity index (χ1v) is 5.86. The van der Waals surface area contributed by atoms with E-state index in [9.17, 15) is 0 Å². The molecule has 3 heteroatoms. The normalized spacial score (nSPS) is 10.4. The SMILES string of the molecule is CCCCCCCC[N+](C)(C)C.O=CO. The van der Waals surface area contributed by atoms with Crippen LogP contribution in [0.5, 0.6) is 0 Å². The first kappa shape index (κ1) is 16.8. The second-order valence-corrected chi connectivity index (χ2v) is 4.89. The van der Waals surface area contributed by atoms with Gasteiger partial charge in [0.15, 0.2) is 0 Å². The average molecular weight is 218 g/mol. The molecule has 0 saturated carbocycles. The zero-order valence-corrected chi connectivity index (χ0v) is 10.8. The lowest BCUT2D eigenvalue weighted by Gasteiger charge is -2.23. The summed E-state index contributed by atoms with van der Waals surface area (Å²) < 4.78 is 1.12. The summed E-state index contributed by atoms with van der Waals surface area (Å²) in [4.78, 5) is 8.36. The Kier molecular flexibility index (Phi) is 12.9. The average Bonchev–Trinajstić information content (AvgIpc) is 2.11. The van der Waals surface area contributed by atoms with Crippen molar-refractivity contribution in [3.05, 3.63) is 0 Å². The molecule has 0 bridgehead atoms. The van der Waals surface area contributed by atoms with Gasteiger partial charge in [-0.1, -0.05) is 32.6 Å². The number of quaternary nitrogens is 1. The predicted octanol–water partition coefficient (Wildman–Crippen LogP) is 2.75. The van der Waals surface area contributed by atoms with Crippen molar-refractivity contribution < 1.29 is 14.4 Å². The topological polar surface area (TPSA) is 37.3 Å². The molecule has 0 aliphatic carbocycles. The highest BCUT2D eigenvalue weighted by Gasteiger charge is 2.04. The maximum atomic E-state index is 8.36. The van der Waals surface area contributed by atoms with Crippen molar-refractivity contribution in [2.24, 2.45) is 0 Å². The molecule has 1 N–H and O–H groups in total. The summed E-state index contributed by atoms with van der Waals surface area (Å²) in [6, 6.07) is 0. The molecule has 0 saturated heterocycles. The molecule has 0 rings (SSSR count). The van der Waals surface area contributed by atoms with Gasteiger partial charge >= 0.3 is 0 Å². The molecule has 3 nitrogen and oxygen atoms in total. The standard InChI is InChI=1S/C11H26N.CH2O2/c1-5-6-7-8-9-10-11-12(2,3)4;2-1-3/h5-11H2,1-4H3;1H,(H,2,3)/q+1;. The van der Waals surface area contributed by atoms with Gasteiger partial charge in [-0.3, -0.25) is 4.79 Å². The molecule has 0 atom stereocenters. The third-order valence-electron chi connectivity index (χ3n) is 2.18. The fourth-order valence-corrected chi connectivity index (χ4v) is 1.37. The Morgan fingerprint density at radius 3 is 1.80 bits per heavy atom. The van der Waals surface area contributed by atoms with E-state index in [2.05, 4.69) is 28.1 Å². The number of carbonyl (C=O) groups is 1. The number of hydrogen-bond acceptors (Lipinski definition) is 1. The summed E-state index contributed by atoms with van der Waals surface area (Å²) in [6.45, 7) is 3.35. The number of hydrogen-bond donors (Lipinski definition) is 1. The van der Waals surface area contributed by atoms with Crippen molar-refractivity contribution in [3.8, 4) is 0 Å². The first-order valence-electron chi connectivity index (χ1n) is 5.86. The molecule has 0 aliphatic heterocycles. The Morgan fingerprint density at radius 1 is 1.00 bits per heavy atom. The van der Waals surface area contributed by atoms with Crippen LogP contribution in [0.25, 0.3) is 0 Å². The van der Waals surface area contributed by atoms with E-state index in [1.807, 2.05) is 0 Å². The molecule has 0 heterocycles. The maximum Gasteiger partial charge on any atom is 0.290 e. The van der Waals surface area contributed by atoms with Gasteiger partial charge in [0.25, 0.3) is 6.47 Å². The summed E-state index contributed by atoms with van der Waals surface area (Å²) in [5, 5.41) is 6.89. The molecule has 0 unspecified atom stereocenters. The Bertz CT molecular complexity index is 130. The first-order chi connectivity index (χ1) is 6.97. The second kappa shape index (κ2) is 11.5. The van der Waals surface area contributed by atoms with Crippen LogP contribution in [0.4, 0.5) is 0 Å². The molecule has 0 aliphatic rings. The van der Waals surface area contributed by atoms with Crippen LogP contribution in [0.1, 0.15) is 45.4 Å². The Labute approximate surface area is 94.7 Å². The van der Waals surface area contributed by atoms with Crippen LogP contribution in [0.15, 0.2) is 0 Å². The van der Waals surface area contributed by atoms with E-state index in [1.54, 1.807) is 0 Å². The molecule has 0 aromatic rings. The zero-order chi connectivity index (χ0) is 12.2. The van der Waals surface area contributed by atoms with Gasteiger partial charge in [-0.25, -0.2) is 0 Å². The highest BCUT2D eigenvalue weighted by molar-refractivity contribution is 5.32. The van der Waals surface area contributed by atoms with Crippen molar-refractivity contribution >= 4 is 6.47 Å². The van der Waals surface area contributed by atoms with Gasteiger partial charge in [-0.2, -0.15) is 0 Å². The molecular weight excluding hydrogens is 190 g/mol. The number of rotatable bonds is 7. The van der Waals surface area contributed by atoms with Crippen LogP contribution in [0.2, 0.25) is 0 Å². The fraction of sp³-hybridized carbons (Fsp3) is 0.917. The summed E-state index contributed by atoms with van der Waals surface area (Å²) in [7, 11) is 6.81. The van der Waals surface area contributed by atoms with Gasteiger partial charge in [0.1, 0.15) is 0 Å². The lowest BCUT2D eigenvalue weighted by molar-refractivity contribution is -0.870. The van der Waals surface area contributed by atoms with E-state index in [0.717, 1.165) is 4.48 Å². The minimum absolute atomic E-state index is 0.250. The highest BCUT2D eigenvalue weighted by Crippen LogP contribution is 2.06. The number of unbranched alkanes of at least 4 members (excludes halogenated alkanes) is 5. The van der Waals surface area contributed by atoms with Gasteiger partial charge in [0.2, 0.25) is 0 Å². The van der Waals surface area contributed by atoms with E-state index in [1.165, 1.54) is 45.1 Å². The summed E-state index contributed by atoms with van der Waals surface area (Å²) in [5.74, 6) is 0. The Hall–Kier alpha value is -0.570. The second-order valence-electron chi connectivity index (χ2n) is 4.89. The van der Waals surface area contributed by atoms with Gasteiger partial charge in [0.05, 0.1) is 27.7 Å². The van der Waals surface area contributed by atoms with Crippen molar-refractivity contribution in [1.82, 2.24) is 0 Å². The van der Waals surface area contributed by atoms with E-state index in [0.29, 0.717) is 0 Å². The lowest BCUT2D eigenvalue weighted by atomic mass is 10.1. The molecule has 0 radical (unpaired) electrons. The van der Waals surface area contributed by atoms with E-state index >= 15 is 0 Å². The van der Waals surface area contributed by atoms with E-state index in [-0.39, 0.29) is 6.47 Å². The van der Waals surface area contributed by atoms with Crippen molar-refractivity contribution in [3.63, 3.8) is 0 Å². The quantitative estimate of drug-likeness (QED) is 0.405. The van der Waals surface area contributed by atoms with Crippen LogP contribution in [0.3, 0.4) is 0 Å². The van der Waals surface area contributed by atoms with Crippen molar-refractivity contribution in [1.29, 1.82) is 0 Å². The van der Waals surface area contributed by atoms with Crippen LogP contribution < -0.4 is 0 Å². The van der Waals surface area contributed by atoms with Gasteiger partial charge < -0.3 is 9.59 Å². The molecule has 92 valence electrons.